The highest BCUT2D eigenvalue weighted by Gasteiger charge is 2.09. The molecule has 5 heteroatoms. The Kier molecular flexibility index (Phi) is 4.18. The first-order chi connectivity index (χ1) is 9.04. The van der Waals surface area contributed by atoms with Crippen molar-refractivity contribution >= 4 is 33.2 Å². The summed E-state index contributed by atoms with van der Waals surface area (Å²) in [7, 11) is 1.90. The highest BCUT2D eigenvalue weighted by atomic mass is 79.9. The maximum Gasteiger partial charge on any atom is 0.120 e. The molecule has 0 amide bonds. The summed E-state index contributed by atoms with van der Waals surface area (Å²) in [6, 6.07) is 9.77. The van der Waals surface area contributed by atoms with E-state index in [1.165, 1.54) is 0 Å². The van der Waals surface area contributed by atoms with Crippen LogP contribution < -0.4 is 5.32 Å². The first kappa shape index (κ1) is 14.0. The number of halogens is 2. The van der Waals surface area contributed by atoms with E-state index in [1.54, 1.807) is 0 Å². The van der Waals surface area contributed by atoms with Gasteiger partial charge in [-0.2, -0.15) is 5.26 Å². The molecular weight excluding hydrogens is 326 g/mol. The summed E-state index contributed by atoms with van der Waals surface area (Å²) in [5.74, 6) is 0. The molecule has 19 heavy (non-hydrogen) atoms. The van der Waals surface area contributed by atoms with E-state index in [9.17, 15) is 0 Å². The van der Waals surface area contributed by atoms with Crippen molar-refractivity contribution in [1.82, 2.24) is 4.57 Å². The number of nitrogens with zero attached hydrogens (tertiary/aromatic N) is 2. The van der Waals surface area contributed by atoms with Crippen molar-refractivity contribution in [2.75, 3.05) is 5.32 Å². The third-order valence-electron chi connectivity index (χ3n) is 3.18. The number of nitriles is 1. The van der Waals surface area contributed by atoms with E-state index in [2.05, 4.69) is 27.3 Å². The zero-order valence-corrected chi connectivity index (χ0v) is 13.0. The minimum absolute atomic E-state index is 0.653. The van der Waals surface area contributed by atoms with Crippen molar-refractivity contribution in [3.63, 3.8) is 0 Å². The van der Waals surface area contributed by atoms with Crippen LogP contribution in [0.5, 0.6) is 0 Å². The van der Waals surface area contributed by atoms with Gasteiger partial charge in [0.05, 0.1) is 15.2 Å². The molecule has 98 valence electrons. The highest BCUT2D eigenvalue weighted by molar-refractivity contribution is 9.10. The predicted molar refractivity (Wildman–Crippen MR) is 81.3 cm³/mol. The molecule has 1 aromatic heterocycles. The molecule has 0 bridgehead atoms. The van der Waals surface area contributed by atoms with Gasteiger partial charge in [-0.25, -0.2) is 0 Å². The molecule has 0 saturated heterocycles. The quantitative estimate of drug-likeness (QED) is 0.909. The topological polar surface area (TPSA) is 40.8 Å². The number of nitrogens with one attached hydrogen (secondary N) is 1. The Labute approximate surface area is 125 Å². The third kappa shape index (κ3) is 2.78. The third-order valence-corrected chi connectivity index (χ3v) is 4.57. The van der Waals surface area contributed by atoms with Crippen molar-refractivity contribution in [3.05, 3.63) is 50.7 Å². The van der Waals surface area contributed by atoms with Gasteiger partial charge in [-0.3, -0.25) is 0 Å². The first-order valence-corrected chi connectivity index (χ1v) is 6.95. The predicted octanol–water partition coefficient (Wildman–Crippen LogP) is 4.23. The lowest BCUT2D eigenvalue weighted by Gasteiger charge is -2.09. The largest absolute Gasteiger partial charge is 0.380 e. The molecule has 1 N–H and O–H groups in total. The lowest BCUT2D eigenvalue weighted by atomic mass is 10.2. The Morgan fingerprint density at radius 2 is 2.21 bits per heavy atom. The van der Waals surface area contributed by atoms with Crippen LogP contribution in [0.3, 0.4) is 0 Å². The van der Waals surface area contributed by atoms with Crippen molar-refractivity contribution < 1.29 is 0 Å². The molecule has 0 fully saturated rings. The molecule has 0 aliphatic carbocycles. The van der Waals surface area contributed by atoms with Gasteiger partial charge in [0.2, 0.25) is 0 Å². The average Bonchev–Trinajstić information content (AvgIpc) is 2.68. The van der Waals surface area contributed by atoms with Crippen LogP contribution in [0.15, 0.2) is 28.7 Å². The second-order valence-electron chi connectivity index (χ2n) is 4.27. The molecule has 0 saturated carbocycles. The molecule has 0 aliphatic heterocycles. The number of aromatic nitrogens is 1. The summed E-state index contributed by atoms with van der Waals surface area (Å²) < 4.78 is 2.75. The Bertz CT molecular complexity index is 655. The highest BCUT2D eigenvalue weighted by Crippen LogP contribution is 2.30. The fourth-order valence-corrected chi connectivity index (χ4v) is 2.46. The minimum Gasteiger partial charge on any atom is -0.380 e. The van der Waals surface area contributed by atoms with Crippen molar-refractivity contribution in [1.29, 1.82) is 5.26 Å². The van der Waals surface area contributed by atoms with E-state index in [0.29, 0.717) is 17.3 Å². The summed E-state index contributed by atoms with van der Waals surface area (Å²) in [5, 5.41) is 13.0. The zero-order chi connectivity index (χ0) is 14.0. The number of anilines is 1. The average molecular weight is 339 g/mol. The summed E-state index contributed by atoms with van der Waals surface area (Å²) in [6.07, 6.45) is 0. The number of hydrogen-bond donors (Lipinski definition) is 1. The number of benzene rings is 1. The van der Waals surface area contributed by atoms with E-state index in [-0.39, 0.29) is 0 Å². The van der Waals surface area contributed by atoms with Crippen LogP contribution in [0.2, 0.25) is 5.02 Å². The second-order valence-corrected chi connectivity index (χ2v) is 5.47. The lowest BCUT2D eigenvalue weighted by molar-refractivity contribution is 0.856. The number of rotatable bonds is 3. The van der Waals surface area contributed by atoms with Crippen molar-refractivity contribution in [3.8, 4) is 6.07 Å². The van der Waals surface area contributed by atoms with Crippen LogP contribution in [-0.4, -0.2) is 4.57 Å². The summed E-state index contributed by atoms with van der Waals surface area (Å²) in [5.41, 5.74) is 3.79. The van der Waals surface area contributed by atoms with Gasteiger partial charge in [-0.05, 0) is 46.6 Å². The SMILES string of the molecule is Cc1c(CNc2cccc(Cl)c2Br)cc(C#N)n1C. The lowest BCUT2D eigenvalue weighted by Crippen LogP contribution is -2.02. The molecule has 0 radical (unpaired) electrons. The summed E-state index contributed by atoms with van der Waals surface area (Å²) >= 11 is 9.50. The molecule has 0 spiro atoms. The zero-order valence-electron chi connectivity index (χ0n) is 10.7. The first-order valence-electron chi connectivity index (χ1n) is 5.77. The summed E-state index contributed by atoms with van der Waals surface area (Å²) in [4.78, 5) is 0. The summed E-state index contributed by atoms with van der Waals surface area (Å²) in [6.45, 7) is 2.66. The van der Waals surface area contributed by atoms with E-state index in [0.717, 1.165) is 21.4 Å². The molecule has 3 nitrogen and oxygen atoms in total. The van der Waals surface area contributed by atoms with Crippen LogP contribution in [0.25, 0.3) is 0 Å². The monoisotopic (exact) mass is 337 g/mol. The Balaban J connectivity index is 2.20. The maximum absolute atomic E-state index is 9.01. The molecule has 1 heterocycles. The fourth-order valence-electron chi connectivity index (χ4n) is 1.88. The van der Waals surface area contributed by atoms with Crippen molar-refractivity contribution in [2.24, 2.45) is 7.05 Å². The van der Waals surface area contributed by atoms with Gasteiger partial charge < -0.3 is 9.88 Å². The van der Waals surface area contributed by atoms with Crippen LogP contribution in [0.1, 0.15) is 17.0 Å². The maximum atomic E-state index is 9.01. The van der Waals surface area contributed by atoms with E-state index in [1.807, 2.05) is 42.8 Å². The Morgan fingerprint density at radius 1 is 1.47 bits per heavy atom. The smallest absolute Gasteiger partial charge is 0.120 e. The van der Waals surface area contributed by atoms with Gasteiger partial charge in [0.15, 0.2) is 0 Å². The van der Waals surface area contributed by atoms with Gasteiger partial charge in [0.1, 0.15) is 11.8 Å². The van der Waals surface area contributed by atoms with E-state index < -0.39 is 0 Å². The fraction of sp³-hybridized carbons (Fsp3) is 0.214. The molecule has 0 atom stereocenters. The molecule has 0 unspecified atom stereocenters. The molecule has 1 aromatic carbocycles. The molecule has 0 aliphatic rings. The van der Waals surface area contributed by atoms with Gasteiger partial charge in [0.25, 0.3) is 0 Å². The van der Waals surface area contributed by atoms with E-state index in [4.69, 9.17) is 16.9 Å². The molecule has 2 aromatic rings. The van der Waals surface area contributed by atoms with Gasteiger partial charge in [-0.1, -0.05) is 17.7 Å². The number of hydrogen-bond acceptors (Lipinski definition) is 2. The van der Waals surface area contributed by atoms with E-state index >= 15 is 0 Å². The van der Waals surface area contributed by atoms with Crippen LogP contribution in [0, 0.1) is 18.3 Å². The van der Waals surface area contributed by atoms with Crippen LogP contribution in [0.4, 0.5) is 5.69 Å². The van der Waals surface area contributed by atoms with Crippen LogP contribution in [-0.2, 0) is 13.6 Å². The Morgan fingerprint density at radius 3 is 2.84 bits per heavy atom. The van der Waals surface area contributed by atoms with Gasteiger partial charge >= 0.3 is 0 Å². The molecular formula is C14H13BrClN3. The second kappa shape index (κ2) is 5.68. The standard InChI is InChI=1S/C14H13BrClN3/c1-9-10(6-11(7-17)19(9)2)8-18-13-5-3-4-12(16)14(13)15/h3-6,18H,8H2,1-2H3. The van der Waals surface area contributed by atoms with Gasteiger partial charge in [0, 0.05) is 19.3 Å². The molecule has 2 rings (SSSR count). The Hall–Kier alpha value is -1.44. The normalized spacial score (nSPS) is 10.3. The van der Waals surface area contributed by atoms with Gasteiger partial charge in [-0.15, -0.1) is 0 Å². The van der Waals surface area contributed by atoms with Crippen LogP contribution >= 0.6 is 27.5 Å². The van der Waals surface area contributed by atoms with Crippen molar-refractivity contribution in [2.45, 2.75) is 13.5 Å². The minimum atomic E-state index is 0.653.